The summed E-state index contributed by atoms with van der Waals surface area (Å²) < 4.78 is 0. The molecule has 0 fully saturated rings. The van der Waals surface area contributed by atoms with Crippen molar-refractivity contribution < 1.29 is 5.11 Å². The van der Waals surface area contributed by atoms with Crippen molar-refractivity contribution >= 4 is 11.6 Å². The van der Waals surface area contributed by atoms with Crippen LogP contribution in [-0.4, -0.2) is 11.7 Å². The number of hydrogen-bond acceptors (Lipinski definition) is 2. The lowest BCUT2D eigenvalue weighted by Crippen LogP contribution is -2.23. The molecule has 0 bridgehead atoms. The van der Waals surface area contributed by atoms with Gasteiger partial charge in [0.25, 0.3) is 0 Å². The molecule has 0 aliphatic rings. The number of rotatable bonds is 5. The Bertz CT molecular complexity index is 365. The molecular weight excluding hydrogens is 234 g/mol. The fourth-order valence-corrected chi connectivity index (χ4v) is 2.20. The van der Waals surface area contributed by atoms with E-state index in [0.717, 1.165) is 22.6 Å². The summed E-state index contributed by atoms with van der Waals surface area (Å²) in [4.78, 5) is 0. The standard InChI is InChI=1S/C14H22ClNO/c1-9(2)6-12(8-16)14(17)11-4-5-13(15)10(3)7-11/h4-5,7,9,12,14,17H,6,8,16H2,1-3H3. The molecule has 17 heavy (non-hydrogen) atoms. The minimum atomic E-state index is -0.502. The Labute approximate surface area is 109 Å². The molecule has 1 aromatic rings. The molecule has 2 nitrogen and oxygen atoms in total. The summed E-state index contributed by atoms with van der Waals surface area (Å²) >= 11 is 5.98. The van der Waals surface area contributed by atoms with Crippen LogP contribution < -0.4 is 5.73 Å². The van der Waals surface area contributed by atoms with Crippen LogP contribution in [0.2, 0.25) is 5.02 Å². The molecule has 0 amide bonds. The maximum absolute atomic E-state index is 10.3. The van der Waals surface area contributed by atoms with E-state index in [0.29, 0.717) is 12.5 Å². The Morgan fingerprint density at radius 1 is 1.35 bits per heavy atom. The van der Waals surface area contributed by atoms with Gasteiger partial charge in [-0.05, 0) is 43.0 Å². The van der Waals surface area contributed by atoms with Crippen LogP contribution in [0.25, 0.3) is 0 Å². The molecule has 0 radical (unpaired) electrons. The normalized spacial score (nSPS) is 15.0. The highest BCUT2D eigenvalue weighted by Gasteiger charge is 2.20. The van der Waals surface area contributed by atoms with Gasteiger partial charge in [-0.2, -0.15) is 0 Å². The van der Waals surface area contributed by atoms with Gasteiger partial charge in [-0.25, -0.2) is 0 Å². The van der Waals surface area contributed by atoms with E-state index in [1.54, 1.807) is 0 Å². The van der Waals surface area contributed by atoms with Gasteiger partial charge in [0.2, 0.25) is 0 Å². The van der Waals surface area contributed by atoms with Gasteiger partial charge in [-0.3, -0.25) is 0 Å². The van der Waals surface area contributed by atoms with Crippen molar-refractivity contribution in [2.24, 2.45) is 17.6 Å². The zero-order valence-electron chi connectivity index (χ0n) is 10.8. The molecule has 3 N–H and O–H groups in total. The molecule has 0 saturated carbocycles. The van der Waals surface area contributed by atoms with Crippen LogP contribution in [0.5, 0.6) is 0 Å². The maximum atomic E-state index is 10.3. The van der Waals surface area contributed by atoms with E-state index in [9.17, 15) is 5.11 Å². The number of aryl methyl sites for hydroxylation is 1. The average molecular weight is 256 g/mol. The molecule has 0 heterocycles. The third-order valence-corrected chi connectivity index (χ3v) is 3.47. The van der Waals surface area contributed by atoms with Crippen molar-refractivity contribution in [3.05, 3.63) is 34.3 Å². The minimum absolute atomic E-state index is 0.107. The Morgan fingerprint density at radius 2 is 2.00 bits per heavy atom. The minimum Gasteiger partial charge on any atom is -0.388 e. The zero-order chi connectivity index (χ0) is 13.0. The Balaban J connectivity index is 2.85. The largest absolute Gasteiger partial charge is 0.388 e. The summed E-state index contributed by atoms with van der Waals surface area (Å²) in [5.41, 5.74) is 7.64. The average Bonchev–Trinajstić information content (AvgIpc) is 2.28. The molecular formula is C14H22ClNO. The fourth-order valence-electron chi connectivity index (χ4n) is 2.08. The Morgan fingerprint density at radius 3 is 2.47 bits per heavy atom. The summed E-state index contributed by atoms with van der Waals surface area (Å²) in [7, 11) is 0. The Kier molecular flexibility index (Phi) is 5.44. The van der Waals surface area contributed by atoms with Gasteiger partial charge in [0.15, 0.2) is 0 Å². The summed E-state index contributed by atoms with van der Waals surface area (Å²) in [6.07, 6.45) is 0.428. The Hall–Kier alpha value is -0.570. The summed E-state index contributed by atoms with van der Waals surface area (Å²) in [5, 5.41) is 11.1. The van der Waals surface area contributed by atoms with E-state index >= 15 is 0 Å². The number of hydrogen-bond donors (Lipinski definition) is 2. The van der Waals surface area contributed by atoms with Gasteiger partial charge in [-0.1, -0.05) is 37.6 Å². The smallest absolute Gasteiger partial charge is 0.0830 e. The summed E-state index contributed by atoms with van der Waals surface area (Å²) in [5.74, 6) is 0.641. The van der Waals surface area contributed by atoms with Crippen LogP contribution in [0.3, 0.4) is 0 Å². The van der Waals surface area contributed by atoms with E-state index in [1.807, 2.05) is 25.1 Å². The number of aliphatic hydroxyl groups excluding tert-OH is 1. The van der Waals surface area contributed by atoms with Gasteiger partial charge >= 0.3 is 0 Å². The second kappa shape index (κ2) is 6.39. The lowest BCUT2D eigenvalue weighted by Gasteiger charge is -2.23. The van der Waals surface area contributed by atoms with Crippen molar-refractivity contribution in [1.82, 2.24) is 0 Å². The molecule has 0 aliphatic heterocycles. The second-order valence-corrected chi connectivity index (χ2v) is 5.49. The number of aliphatic hydroxyl groups is 1. The fraction of sp³-hybridized carbons (Fsp3) is 0.571. The van der Waals surface area contributed by atoms with E-state index in [1.165, 1.54) is 0 Å². The van der Waals surface area contributed by atoms with Crippen LogP contribution in [0, 0.1) is 18.8 Å². The number of nitrogens with two attached hydrogens (primary N) is 1. The van der Waals surface area contributed by atoms with Gasteiger partial charge in [0.05, 0.1) is 6.10 Å². The van der Waals surface area contributed by atoms with E-state index in [-0.39, 0.29) is 5.92 Å². The van der Waals surface area contributed by atoms with E-state index in [4.69, 9.17) is 17.3 Å². The first-order valence-corrected chi connectivity index (χ1v) is 6.47. The maximum Gasteiger partial charge on any atom is 0.0830 e. The van der Waals surface area contributed by atoms with Gasteiger partial charge < -0.3 is 10.8 Å². The third kappa shape index (κ3) is 3.98. The summed E-state index contributed by atoms with van der Waals surface area (Å²) in [6.45, 7) is 6.73. The second-order valence-electron chi connectivity index (χ2n) is 5.08. The van der Waals surface area contributed by atoms with Crippen molar-refractivity contribution in [3.8, 4) is 0 Å². The molecule has 0 saturated heterocycles. The van der Waals surface area contributed by atoms with Crippen LogP contribution in [-0.2, 0) is 0 Å². The monoisotopic (exact) mass is 255 g/mol. The molecule has 2 unspecified atom stereocenters. The topological polar surface area (TPSA) is 46.2 Å². The molecule has 0 aliphatic carbocycles. The molecule has 2 atom stereocenters. The predicted molar refractivity (Wildman–Crippen MR) is 73.1 cm³/mol. The lowest BCUT2D eigenvalue weighted by molar-refractivity contribution is 0.0994. The molecule has 96 valence electrons. The SMILES string of the molecule is Cc1cc(C(O)C(CN)CC(C)C)ccc1Cl. The predicted octanol–water partition coefficient (Wildman–Crippen LogP) is 3.30. The van der Waals surface area contributed by atoms with Crippen LogP contribution in [0.1, 0.15) is 37.5 Å². The number of halogens is 1. The quantitative estimate of drug-likeness (QED) is 0.848. The molecule has 0 spiro atoms. The molecule has 1 rings (SSSR count). The summed E-state index contributed by atoms with van der Waals surface area (Å²) in [6, 6.07) is 5.65. The lowest BCUT2D eigenvalue weighted by atomic mass is 9.88. The van der Waals surface area contributed by atoms with Crippen LogP contribution >= 0.6 is 11.6 Å². The number of benzene rings is 1. The van der Waals surface area contributed by atoms with Gasteiger partial charge in [-0.15, -0.1) is 0 Å². The van der Waals surface area contributed by atoms with Gasteiger partial charge in [0.1, 0.15) is 0 Å². The van der Waals surface area contributed by atoms with Crippen LogP contribution in [0.15, 0.2) is 18.2 Å². The van der Waals surface area contributed by atoms with Crippen molar-refractivity contribution in [2.45, 2.75) is 33.3 Å². The third-order valence-electron chi connectivity index (χ3n) is 3.05. The first-order chi connectivity index (χ1) is 7.95. The van der Waals surface area contributed by atoms with E-state index in [2.05, 4.69) is 13.8 Å². The zero-order valence-corrected chi connectivity index (χ0v) is 11.5. The van der Waals surface area contributed by atoms with Crippen LogP contribution in [0.4, 0.5) is 0 Å². The highest BCUT2D eigenvalue weighted by Crippen LogP contribution is 2.28. The first kappa shape index (κ1) is 14.5. The first-order valence-electron chi connectivity index (χ1n) is 6.09. The highest BCUT2D eigenvalue weighted by atomic mass is 35.5. The molecule has 1 aromatic carbocycles. The van der Waals surface area contributed by atoms with Crippen molar-refractivity contribution in [3.63, 3.8) is 0 Å². The van der Waals surface area contributed by atoms with Gasteiger partial charge in [0, 0.05) is 10.9 Å². The van der Waals surface area contributed by atoms with Crippen molar-refractivity contribution in [2.75, 3.05) is 6.54 Å². The van der Waals surface area contributed by atoms with Crippen molar-refractivity contribution in [1.29, 1.82) is 0 Å². The van der Waals surface area contributed by atoms with E-state index < -0.39 is 6.10 Å². The highest BCUT2D eigenvalue weighted by molar-refractivity contribution is 6.31. The molecule has 3 heteroatoms. The molecule has 0 aromatic heterocycles.